The van der Waals surface area contributed by atoms with Gasteiger partial charge in [-0.05, 0) is 30.7 Å². The number of nitrogens with zero attached hydrogens (tertiary/aromatic N) is 2. The lowest BCUT2D eigenvalue weighted by Crippen LogP contribution is -2.33. The van der Waals surface area contributed by atoms with Crippen LogP contribution in [0.4, 0.5) is 11.5 Å². The van der Waals surface area contributed by atoms with Crippen LogP contribution in [-0.4, -0.2) is 37.4 Å². The Kier molecular flexibility index (Phi) is 5.30. The Balaban J connectivity index is 1.88. The van der Waals surface area contributed by atoms with Crippen LogP contribution in [0, 0.1) is 6.92 Å². The largest absolute Gasteiger partial charge is 0.363 e. The lowest BCUT2D eigenvalue weighted by atomic mass is 10.1. The molecule has 6 heteroatoms. The van der Waals surface area contributed by atoms with Crippen molar-refractivity contribution in [2.45, 2.75) is 6.92 Å². The van der Waals surface area contributed by atoms with Crippen LogP contribution in [-0.2, 0) is 4.79 Å². The molecule has 2 amide bonds. The number of pyridine rings is 1. The van der Waals surface area contributed by atoms with Gasteiger partial charge in [0.2, 0.25) is 5.91 Å². The Morgan fingerprint density at radius 2 is 1.87 bits per heavy atom. The molecule has 0 saturated carbocycles. The fourth-order valence-electron chi connectivity index (χ4n) is 2.01. The number of anilines is 2. The molecular formula is C17H20N4O2. The maximum atomic E-state index is 12.0. The maximum Gasteiger partial charge on any atom is 0.251 e. The minimum atomic E-state index is -0.300. The first-order valence-electron chi connectivity index (χ1n) is 7.24. The van der Waals surface area contributed by atoms with E-state index in [0.717, 1.165) is 11.4 Å². The molecule has 0 aliphatic carbocycles. The lowest BCUT2D eigenvalue weighted by molar-refractivity contribution is -0.115. The van der Waals surface area contributed by atoms with Crippen LogP contribution in [0.15, 0.2) is 42.6 Å². The highest BCUT2D eigenvalue weighted by atomic mass is 16.2. The predicted molar refractivity (Wildman–Crippen MR) is 90.7 cm³/mol. The van der Waals surface area contributed by atoms with Gasteiger partial charge >= 0.3 is 0 Å². The van der Waals surface area contributed by atoms with Gasteiger partial charge in [-0.1, -0.05) is 18.2 Å². The van der Waals surface area contributed by atoms with E-state index in [1.54, 1.807) is 24.4 Å². The van der Waals surface area contributed by atoms with Gasteiger partial charge in [-0.2, -0.15) is 0 Å². The van der Waals surface area contributed by atoms with E-state index in [-0.39, 0.29) is 18.4 Å². The molecule has 120 valence electrons. The summed E-state index contributed by atoms with van der Waals surface area (Å²) in [5.41, 5.74) is 2.02. The van der Waals surface area contributed by atoms with Gasteiger partial charge in [-0.3, -0.25) is 9.59 Å². The lowest BCUT2D eigenvalue weighted by Gasteiger charge is -2.12. The molecular weight excluding hydrogens is 292 g/mol. The van der Waals surface area contributed by atoms with E-state index in [0.29, 0.717) is 11.3 Å². The molecule has 0 aliphatic heterocycles. The molecule has 0 radical (unpaired) electrons. The molecule has 2 N–H and O–H groups in total. The van der Waals surface area contributed by atoms with Gasteiger partial charge in [0.25, 0.3) is 5.91 Å². The first kappa shape index (κ1) is 16.5. The minimum Gasteiger partial charge on any atom is -0.363 e. The molecule has 0 spiro atoms. The Morgan fingerprint density at radius 3 is 2.48 bits per heavy atom. The summed E-state index contributed by atoms with van der Waals surface area (Å²) in [5, 5.41) is 5.30. The summed E-state index contributed by atoms with van der Waals surface area (Å²) < 4.78 is 0. The first-order valence-corrected chi connectivity index (χ1v) is 7.24. The van der Waals surface area contributed by atoms with Gasteiger partial charge in [-0.25, -0.2) is 4.98 Å². The SMILES string of the molecule is Cc1ccccc1C(=O)NCC(=O)Nc1ccc(N(C)C)nc1. The highest BCUT2D eigenvalue weighted by Gasteiger charge is 2.10. The molecule has 0 saturated heterocycles. The zero-order valence-electron chi connectivity index (χ0n) is 13.5. The summed E-state index contributed by atoms with van der Waals surface area (Å²) >= 11 is 0. The summed E-state index contributed by atoms with van der Waals surface area (Å²) in [6.07, 6.45) is 1.58. The quantitative estimate of drug-likeness (QED) is 0.883. The van der Waals surface area contributed by atoms with Crippen LogP contribution >= 0.6 is 0 Å². The van der Waals surface area contributed by atoms with Crippen LogP contribution < -0.4 is 15.5 Å². The standard InChI is InChI=1S/C17H20N4O2/c1-12-6-4-5-7-14(12)17(23)19-11-16(22)20-13-8-9-15(18-10-13)21(2)3/h4-10H,11H2,1-3H3,(H,19,23)(H,20,22). The summed E-state index contributed by atoms with van der Waals surface area (Å²) in [7, 11) is 3.78. The number of rotatable bonds is 5. The number of hydrogen-bond donors (Lipinski definition) is 2. The summed E-state index contributed by atoms with van der Waals surface area (Å²) in [6.45, 7) is 1.76. The van der Waals surface area contributed by atoms with Crippen molar-refractivity contribution < 1.29 is 9.59 Å². The molecule has 0 bridgehead atoms. The van der Waals surface area contributed by atoms with Crippen molar-refractivity contribution in [2.24, 2.45) is 0 Å². The zero-order chi connectivity index (χ0) is 16.8. The summed E-state index contributed by atoms with van der Waals surface area (Å²) in [4.78, 5) is 30.0. The maximum absolute atomic E-state index is 12.0. The smallest absolute Gasteiger partial charge is 0.251 e. The molecule has 23 heavy (non-hydrogen) atoms. The molecule has 0 aliphatic rings. The van der Waals surface area contributed by atoms with E-state index in [4.69, 9.17) is 0 Å². The molecule has 1 heterocycles. The first-order chi connectivity index (χ1) is 11.0. The molecule has 2 aromatic rings. The van der Waals surface area contributed by atoms with Crippen LogP contribution in [0.1, 0.15) is 15.9 Å². The Labute approximate surface area is 135 Å². The van der Waals surface area contributed by atoms with Crippen molar-refractivity contribution in [2.75, 3.05) is 30.9 Å². The summed E-state index contributed by atoms with van der Waals surface area (Å²) in [5.74, 6) is 0.238. The number of aryl methyl sites for hydroxylation is 1. The Bertz CT molecular complexity index is 696. The van der Waals surface area contributed by atoms with Crippen LogP contribution in [0.2, 0.25) is 0 Å². The van der Waals surface area contributed by atoms with Crippen molar-refractivity contribution in [3.8, 4) is 0 Å². The number of benzene rings is 1. The van der Waals surface area contributed by atoms with Crippen LogP contribution in [0.25, 0.3) is 0 Å². The topological polar surface area (TPSA) is 74.3 Å². The average molecular weight is 312 g/mol. The number of aromatic nitrogens is 1. The fraction of sp³-hybridized carbons (Fsp3) is 0.235. The van der Waals surface area contributed by atoms with E-state index < -0.39 is 0 Å². The second kappa shape index (κ2) is 7.40. The van der Waals surface area contributed by atoms with Crippen molar-refractivity contribution in [1.29, 1.82) is 0 Å². The number of nitrogens with one attached hydrogen (secondary N) is 2. The number of hydrogen-bond acceptors (Lipinski definition) is 4. The highest BCUT2D eigenvalue weighted by molar-refractivity contribution is 6.00. The van der Waals surface area contributed by atoms with Crippen molar-refractivity contribution in [3.05, 3.63) is 53.7 Å². The normalized spacial score (nSPS) is 10.0. The molecule has 0 unspecified atom stereocenters. The minimum absolute atomic E-state index is 0.0946. The zero-order valence-corrected chi connectivity index (χ0v) is 13.5. The van der Waals surface area contributed by atoms with E-state index >= 15 is 0 Å². The fourth-order valence-corrected chi connectivity index (χ4v) is 2.01. The third-order valence-corrected chi connectivity index (χ3v) is 3.29. The van der Waals surface area contributed by atoms with E-state index in [2.05, 4.69) is 15.6 Å². The average Bonchev–Trinajstić information content (AvgIpc) is 2.53. The predicted octanol–water partition coefficient (Wildman–Crippen LogP) is 1.82. The van der Waals surface area contributed by atoms with Crippen molar-refractivity contribution in [3.63, 3.8) is 0 Å². The van der Waals surface area contributed by atoms with Gasteiger partial charge in [0.15, 0.2) is 0 Å². The van der Waals surface area contributed by atoms with Gasteiger partial charge in [0.05, 0.1) is 18.4 Å². The number of carbonyl (C=O) groups excluding carboxylic acids is 2. The molecule has 0 fully saturated rings. The number of amides is 2. The third kappa shape index (κ3) is 4.54. The molecule has 0 atom stereocenters. The molecule has 1 aromatic carbocycles. The second-order valence-corrected chi connectivity index (χ2v) is 5.35. The van der Waals surface area contributed by atoms with E-state index in [9.17, 15) is 9.59 Å². The van der Waals surface area contributed by atoms with Gasteiger partial charge in [-0.15, -0.1) is 0 Å². The Hall–Kier alpha value is -2.89. The van der Waals surface area contributed by atoms with Crippen LogP contribution in [0.3, 0.4) is 0 Å². The van der Waals surface area contributed by atoms with Gasteiger partial charge in [0.1, 0.15) is 5.82 Å². The van der Waals surface area contributed by atoms with E-state index in [1.807, 2.05) is 44.1 Å². The summed E-state index contributed by atoms with van der Waals surface area (Å²) in [6, 6.07) is 10.8. The Morgan fingerprint density at radius 1 is 1.13 bits per heavy atom. The molecule has 6 nitrogen and oxygen atoms in total. The van der Waals surface area contributed by atoms with E-state index in [1.165, 1.54) is 0 Å². The highest BCUT2D eigenvalue weighted by Crippen LogP contribution is 2.11. The van der Waals surface area contributed by atoms with Crippen molar-refractivity contribution in [1.82, 2.24) is 10.3 Å². The van der Waals surface area contributed by atoms with Gasteiger partial charge in [0, 0.05) is 19.7 Å². The molecule has 2 rings (SSSR count). The van der Waals surface area contributed by atoms with Crippen LogP contribution in [0.5, 0.6) is 0 Å². The monoisotopic (exact) mass is 312 g/mol. The van der Waals surface area contributed by atoms with Gasteiger partial charge < -0.3 is 15.5 Å². The number of carbonyl (C=O) groups is 2. The molecule has 1 aromatic heterocycles. The second-order valence-electron chi connectivity index (χ2n) is 5.35. The third-order valence-electron chi connectivity index (χ3n) is 3.29. The van der Waals surface area contributed by atoms with Crippen molar-refractivity contribution >= 4 is 23.3 Å².